The maximum Gasteiger partial charge on any atom is 0.222 e. The first-order chi connectivity index (χ1) is 11.6. The molecule has 0 atom stereocenters. The van der Waals surface area contributed by atoms with Crippen molar-refractivity contribution >= 4 is 11.7 Å². The number of ether oxygens (including phenoxy) is 4. The monoisotopic (exact) mass is 347 g/mol. The molecule has 0 aliphatic rings. The van der Waals surface area contributed by atoms with E-state index in [2.05, 4.69) is 0 Å². The van der Waals surface area contributed by atoms with E-state index >= 15 is 0 Å². The van der Waals surface area contributed by atoms with Crippen molar-refractivity contribution in [1.29, 1.82) is 0 Å². The minimum atomic E-state index is 0.130. The average molecular weight is 347 g/mol. The van der Waals surface area contributed by atoms with Gasteiger partial charge in [-0.2, -0.15) is 0 Å². The number of carbonyl (C=O) groups is 2. The van der Waals surface area contributed by atoms with Crippen LogP contribution in [0.15, 0.2) is 0 Å². The summed E-state index contributed by atoms with van der Waals surface area (Å²) in [5.74, 6) is 0.283. The second-order valence-corrected chi connectivity index (χ2v) is 5.47. The molecule has 0 bridgehead atoms. The van der Waals surface area contributed by atoms with Gasteiger partial charge in [-0.25, -0.2) is 0 Å². The fourth-order valence-corrected chi connectivity index (χ4v) is 1.71. The fraction of sp³-hybridized carbons (Fsp3) is 0.882. The Morgan fingerprint density at radius 2 is 1.21 bits per heavy atom. The molecule has 0 aromatic carbocycles. The van der Waals surface area contributed by atoms with Gasteiger partial charge in [-0.05, 0) is 13.3 Å². The second kappa shape index (κ2) is 16.8. The molecular weight excluding hydrogens is 314 g/mol. The highest BCUT2D eigenvalue weighted by atomic mass is 16.6. The summed E-state index contributed by atoms with van der Waals surface area (Å²) >= 11 is 0. The molecule has 0 spiro atoms. The van der Waals surface area contributed by atoms with E-state index in [1.807, 2.05) is 6.92 Å². The molecular formula is C17H33NO6. The molecule has 0 fully saturated rings. The van der Waals surface area contributed by atoms with Crippen molar-refractivity contribution < 1.29 is 28.5 Å². The van der Waals surface area contributed by atoms with Crippen molar-refractivity contribution in [3.63, 3.8) is 0 Å². The minimum Gasteiger partial charge on any atom is -0.379 e. The zero-order valence-corrected chi connectivity index (χ0v) is 15.4. The first-order valence-electron chi connectivity index (χ1n) is 8.62. The van der Waals surface area contributed by atoms with Gasteiger partial charge in [0.25, 0.3) is 0 Å². The number of carbonyl (C=O) groups excluding carboxylic acids is 2. The summed E-state index contributed by atoms with van der Waals surface area (Å²) in [5, 5.41) is 0. The van der Waals surface area contributed by atoms with Gasteiger partial charge in [-0.1, -0.05) is 6.92 Å². The molecule has 0 N–H and O–H groups in total. The minimum absolute atomic E-state index is 0.130. The highest BCUT2D eigenvalue weighted by Crippen LogP contribution is 1.94. The largest absolute Gasteiger partial charge is 0.379 e. The van der Waals surface area contributed by atoms with E-state index in [0.717, 1.165) is 6.42 Å². The molecule has 0 unspecified atom stereocenters. The summed E-state index contributed by atoms with van der Waals surface area (Å²) in [6.45, 7) is 8.11. The molecule has 1 amide bonds. The van der Waals surface area contributed by atoms with Crippen LogP contribution in [-0.4, -0.2) is 83.0 Å². The average Bonchev–Trinajstić information content (AvgIpc) is 2.54. The Balaban J connectivity index is 3.17. The summed E-state index contributed by atoms with van der Waals surface area (Å²) in [6.07, 6.45) is 1.90. The van der Waals surface area contributed by atoms with Crippen LogP contribution in [0.5, 0.6) is 0 Å². The molecule has 0 saturated carbocycles. The fourth-order valence-electron chi connectivity index (χ4n) is 1.71. The molecule has 0 aliphatic carbocycles. The molecule has 24 heavy (non-hydrogen) atoms. The lowest BCUT2D eigenvalue weighted by atomic mass is 10.3. The predicted octanol–water partition coefficient (Wildman–Crippen LogP) is 1.29. The molecule has 0 rings (SSSR count). The lowest BCUT2D eigenvalue weighted by Gasteiger charge is -2.16. The van der Waals surface area contributed by atoms with Crippen LogP contribution in [0.3, 0.4) is 0 Å². The maximum absolute atomic E-state index is 11.5. The normalized spacial score (nSPS) is 10.8. The van der Waals surface area contributed by atoms with Crippen LogP contribution in [-0.2, 0) is 28.5 Å². The third-order valence-corrected chi connectivity index (χ3v) is 3.18. The van der Waals surface area contributed by atoms with E-state index in [9.17, 15) is 9.59 Å². The molecule has 0 aromatic heterocycles. The summed E-state index contributed by atoms with van der Waals surface area (Å²) in [7, 11) is 1.79. The molecule has 0 aromatic rings. The number of rotatable bonds is 17. The molecule has 7 nitrogen and oxygen atoms in total. The molecule has 0 saturated heterocycles. The van der Waals surface area contributed by atoms with Crippen LogP contribution in [0.25, 0.3) is 0 Å². The van der Waals surface area contributed by atoms with Crippen LogP contribution in [0, 0.1) is 0 Å². The molecule has 0 aliphatic heterocycles. The number of ketones is 1. The Kier molecular flexibility index (Phi) is 16.1. The van der Waals surface area contributed by atoms with Crippen molar-refractivity contribution in [2.24, 2.45) is 0 Å². The van der Waals surface area contributed by atoms with Gasteiger partial charge >= 0.3 is 0 Å². The zero-order valence-electron chi connectivity index (χ0n) is 15.4. The summed E-state index contributed by atoms with van der Waals surface area (Å²) < 4.78 is 21.3. The van der Waals surface area contributed by atoms with E-state index in [4.69, 9.17) is 18.9 Å². The van der Waals surface area contributed by atoms with Gasteiger partial charge in [0.2, 0.25) is 5.91 Å². The summed E-state index contributed by atoms with van der Waals surface area (Å²) in [5.41, 5.74) is 0. The van der Waals surface area contributed by atoms with Crippen molar-refractivity contribution in [2.75, 3.05) is 66.4 Å². The van der Waals surface area contributed by atoms with Gasteiger partial charge in [-0.15, -0.1) is 0 Å². The first-order valence-corrected chi connectivity index (χ1v) is 8.62. The lowest BCUT2D eigenvalue weighted by Crippen LogP contribution is -2.30. The Morgan fingerprint density at radius 3 is 1.67 bits per heavy atom. The summed E-state index contributed by atoms with van der Waals surface area (Å²) in [6, 6.07) is 0. The number of amides is 1. The van der Waals surface area contributed by atoms with Crippen LogP contribution >= 0.6 is 0 Å². The van der Waals surface area contributed by atoms with Gasteiger partial charge in [0, 0.05) is 26.4 Å². The topological polar surface area (TPSA) is 74.3 Å². The third kappa shape index (κ3) is 15.9. The van der Waals surface area contributed by atoms with Gasteiger partial charge in [0.15, 0.2) is 0 Å². The van der Waals surface area contributed by atoms with E-state index in [1.54, 1.807) is 18.9 Å². The summed E-state index contributed by atoms with van der Waals surface area (Å²) in [4.78, 5) is 23.9. The van der Waals surface area contributed by atoms with Crippen LogP contribution in [0.2, 0.25) is 0 Å². The van der Waals surface area contributed by atoms with Crippen LogP contribution in [0.4, 0.5) is 0 Å². The smallest absolute Gasteiger partial charge is 0.222 e. The van der Waals surface area contributed by atoms with E-state index in [1.165, 1.54) is 0 Å². The molecule has 0 heterocycles. The van der Waals surface area contributed by atoms with Crippen molar-refractivity contribution in [3.8, 4) is 0 Å². The van der Waals surface area contributed by atoms with Crippen molar-refractivity contribution in [2.45, 2.75) is 33.1 Å². The lowest BCUT2D eigenvalue weighted by molar-refractivity contribution is -0.130. The molecule has 7 heteroatoms. The second-order valence-electron chi connectivity index (χ2n) is 5.47. The van der Waals surface area contributed by atoms with Crippen molar-refractivity contribution in [3.05, 3.63) is 0 Å². The Hall–Kier alpha value is -1.02. The quantitative estimate of drug-likeness (QED) is 0.369. The van der Waals surface area contributed by atoms with Crippen molar-refractivity contribution in [1.82, 2.24) is 4.90 Å². The highest BCUT2D eigenvalue weighted by molar-refractivity contribution is 5.75. The van der Waals surface area contributed by atoms with Gasteiger partial charge < -0.3 is 23.8 Å². The van der Waals surface area contributed by atoms with Gasteiger partial charge in [0.05, 0.1) is 52.9 Å². The number of nitrogens with zero attached hydrogens (tertiary/aromatic N) is 1. The molecule has 142 valence electrons. The third-order valence-electron chi connectivity index (χ3n) is 3.18. The first kappa shape index (κ1) is 23.0. The highest BCUT2D eigenvalue weighted by Gasteiger charge is 2.06. The van der Waals surface area contributed by atoms with Crippen LogP contribution < -0.4 is 0 Å². The Labute approximate surface area is 145 Å². The standard InChI is InChI=1S/C17H33NO6/c1-4-5-17(20)18(3)7-9-22-11-13-24-15-14-23-12-10-21-8-6-16(2)19/h4-15H2,1-3H3. The van der Waals surface area contributed by atoms with Crippen LogP contribution in [0.1, 0.15) is 33.1 Å². The van der Waals surface area contributed by atoms with E-state index in [-0.39, 0.29) is 11.7 Å². The van der Waals surface area contributed by atoms with E-state index in [0.29, 0.717) is 72.2 Å². The van der Waals surface area contributed by atoms with Gasteiger partial charge in [-0.3, -0.25) is 9.59 Å². The maximum atomic E-state index is 11.5. The predicted molar refractivity (Wildman–Crippen MR) is 91.1 cm³/mol. The van der Waals surface area contributed by atoms with E-state index < -0.39 is 0 Å². The Morgan fingerprint density at radius 1 is 0.750 bits per heavy atom. The Bertz CT molecular complexity index is 324. The SMILES string of the molecule is CCCC(=O)N(C)CCOCCOCCOCCOCCC(C)=O. The zero-order chi connectivity index (χ0) is 18.0. The number of hydrogen-bond acceptors (Lipinski definition) is 6. The number of Topliss-reactive ketones (excluding diaryl/α,β-unsaturated/α-hetero) is 1. The van der Waals surface area contributed by atoms with Gasteiger partial charge in [0.1, 0.15) is 5.78 Å². The number of hydrogen-bond donors (Lipinski definition) is 0. The number of likely N-dealkylation sites (N-methyl/N-ethyl adjacent to an activating group) is 1. The molecule has 0 radical (unpaired) electrons.